The second kappa shape index (κ2) is 8.63. The van der Waals surface area contributed by atoms with Gasteiger partial charge in [-0.15, -0.1) is 0 Å². The van der Waals surface area contributed by atoms with Crippen LogP contribution in [0, 0.1) is 0 Å². The number of nitrogens with zero attached hydrogens (tertiary/aromatic N) is 2. The molecule has 2 aromatic carbocycles. The lowest BCUT2D eigenvalue weighted by Crippen LogP contribution is -2.34. The second-order valence-electron chi connectivity index (χ2n) is 7.38. The monoisotopic (exact) mass is 449 g/mol. The first-order chi connectivity index (χ1) is 14.8. The van der Waals surface area contributed by atoms with E-state index < -0.39 is 17.8 Å². The summed E-state index contributed by atoms with van der Waals surface area (Å²) in [4.78, 5) is 14.5. The molecule has 5 nitrogen and oxygen atoms in total. The molecule has 3 aromatic rings. The lowest BCUT2D eigenvalue weighted by molar-refractivity contribution is -0.137. The Balaban J connectivity index is 1.47. The van der Waals surface area contributed by atoms with Crippen molar-refractivity contribution in [3.63, 3.8) is 0 Å². The van der Waals surface area contributed by atoms with E-state index in [9.17, 15) is 18.0 Å². The normalized spacial score (nSPS) is 16.5. The third-order valence-corrected chi connectivity index (χ3v) is 5.52. The van der Waals surface area contributed by atoms with Gasteiger partial charge in [-0.3, -0.25) is 0 Å². The van der Waals surface area contributed by atoms with Gasteiger partial charge in [0.25, 0.3) is 0 Å². The molecule has 1 aliphatic heterocycles. The molecule has 1 atom stereocenters. The minimum atomic E-state index is -4.42. The van der Waals surface area contributed by atoms with Crippen LogP contribution in [0.5, 0.6) is 0 Å². The molecular formula is C22H19ClF3N3O2. The van der Waals surface area contributed by atoms with Crippen LogP contribution in [-0.4, -0.2) is 22.6 Å². The van der Waals surface area contributed by atoms with Crippen LogP contribution in [0.25, 0.3) is 0 Å². The van der Waals surface area contributed by atoms with E-state index in [1.165, 1.54) is 12.1 Å². The molecular weight excluding hydrogens is 431 g/mol. The van der Waals surface area contributed by atoms with Gasteiger partial charge >= 0.3 is 12.2 Å². The van der Waals surface area contributed by atoms with Crippen molar-refractivity contribution >= 4 is 23.3 Å². The Hall–Kier alpha value is -3.00. The van der Waals surface area contributed by atoms with Crippen molar-refractivity contribution in [3.05, 3.63) is 82.2 Å². The third-order valence-electron chi connectivity index (χ3n) is 5.26. The highest BCUT2D eigenvalue weighted by molar-refractivity contribution is 6.30. The van der Waals surface area contributed by atoms with Crippen LogP contribution < -0.4 is 5.32 Å². The average molecular weight is 450 g/mol. The Kier molecular flexibility index (Phi) is 5.91. The Morgan fingerprint density at radius 3 is 2.55 bits per heavy atom. The number of alkyl halides is 3. The minimum Gasteiger partial charge on any atom is -0.359 e. The van der Waals surface area contributed by atoms with Gasteiger partial charge in [0, 0.05) is 29.2 Å². The molecule has 2 heterocycles. The number of urea groups is 1. The Bertz CT molecular complexity index is 1050. The van der Waals surface area contributed by atoms with Gasteiger partial charge in [0.2, 0.25) is 0 Å². The van der Waals surface area contributed by atoms with Gasteiger partial charge in [-0.1, -0.05) is 28.9 Å². The molecule has 4 rings (SSSR count). The number of rotatable bonds is 4. The van der Waals surface area contributed by atoms with Gasteiger partial charge < -0.3 is 14.7 Å². The second-order valence-corrected chi connectivity index (χ2v) is 7.81. The van der Waals surface area contributed by atoms with Crippen LogP contribution in [-0.2, 0) is 12.6 Å². The molecule has 0 radical (unpaired) electrons. The van der Waals surface area contributed by atoms with Gasteiger partial charge in [0.15, 0.2) is 5.76 Å². The average Bonchev–Trinajstić information content (AvgIpc) is 3.38. The first kappa shape index (κ1) is 21.2. The number of anilines is 1. The van der Waals surface area contributed by atoms with Gasteiger partial charge in [-0.2, -0.15) is 13.2 Å². The molecule has 1 N–H and O–H groups in total. The van der Waals surface area contributed by atoms with E-state index in [1.54, 1.807) is 11.1 Å². The standard InChI is InChI=1S/C22H19ClF3N3O2/c23-17-7-3-14(4-8-17)12-15-13-27-31-20(15)19-2-1-11-29(19)21(30)28-18-9-5-16(6-10-18)22(24,25)26/h3-10,13,19H,1-2,11-12H2,(H,28,30)/t19-/m1/s1. The van der Waals surface area contributed by atoms with Crippen molar-refractivity contribution in [2.45, 2.75) is 31.5 Å². The van der Waals surface area contributed by atoms with E-state index in [2.05, 4.69) is 10.5 Å². The molecule has 1 saturated heterocycles. The first-order valence-corrected chi connectivity index (χ1v) is 10.1. The summed E-state index contributed by atoms with van der Waals surface area (Å²) in [7, 11) is 0. The minimum absolute atomic E-state index is 0.292. The van der Waals surface area contributed by atoms with Crippen molar-refractivity contribution in [2.24, 2.45) is 0 Å². The molecule has 1 aliphatic rings. The maximum Gasteiger partial charge on any atom is 0.416 e. The van der Waals surface area contributed by atoms with Gasteiger partial charge in [0.1, 0.15) is 0 Å². The summed E-state index contributed by atoms with van der Waals surface area (Å²) in [5.74, 6) is 0.620. The number of hydrogen-bond donors (Lipinski definition) is 1. The van der Waals surface area contributed by atoms with Crippen molar-refractivity contribution in [2.75, 3.05) is 11.9 Å². The van der Waals surface area contributed by atoms with Crippen LogP contribution in [0.2, 0.25) is 5.02 Å². The molecule has 1 fully saturated rings. The van der Waals surface area contributed by atoms with Crippen LogP contribution in [0.1, 0.15) is 41.3 Å². The zero-order valence-electron chi connectivity index (χ0n) is 16.3. The largest absolute Gasteiger partial charge is 0.416 e. The highest BCUT2D eigenvalue weighted by atomic mass is 35.5. The summed E-state index contributed by atoms with van der Waals surface area (Å²) in [5.41, 5.74) is 1.44. The number of aromatic nitrogens is 1. The van der Waals surface area contributed by atoms with Crippen molar-refractivity contribution in [3.8, 4) is 0 Å². The highest BCUT2D eigenvalue weighted by Crippen LogP contribution is 2.35. The third kappa shape index (κ3) is 4.85. The van der Waals surface area contributed by atoms with Crippen LogP contribution in [0.3, 0.4) is 0 Å². The predicted molar refractivity (Wildman–Crippen MR) is 110 cm³/mol. The number of benzene rings is 2. The van der Waals surface area contributed by atoms with Gasteiger partial charge in [-0.25, -0.2) is 4.79 Å². The summed E-state index contributed by atoms with van der Waals surface area (Å²) < 4.78 is 43.7. The summed E-state index contributed by atoms with van der Waals surface area (Å²) in [6, 6.07) is 11.1. The number of carbonyl (C=O) groups is 1. The molecule has 0 saturated carbocycles. The SMILES string of the molecule is O=C(Nc1ccc(C(F)(F)F)cc1)N1CCC[C@@H]1c1oncc1Cc1ccc(Cl)cc1. The Morgan fingerprint density at radius 2 is 1.87 bits per heavy atom. The van der Waals surface area contributed by atoms with E-state index in [1.807, 2.05) is 24.3 Å². The van der Waals surface area contributed by atoms with Crippen molar-refractivity contribution in [1.29, 1.82) is 0 Å². The molecule has 9 heteroatoms. The molecule has 2 amide bonds. The molecule has 1 aromatic heterocycles. The number of carbonyl (C=O) groups excluding carboxylic acids is 1. The van der Waals surface area contributed by atoms with E-state index in [0.717, 1.165) is 29.7 Å². The number of halogens is 4. The van der Waals surface area contributed by atoms with Crippen LogP contribution >= 0.6 is 11.6 Å². The molecule has 0 unspecified atom stereocenters. The zero-order valence-corrected chi connectivity index (χ0v) is 17.1. The van der Waals surface area contributed by atoms with Crippen molar-refractivity contribution in [1.82, 2.24) is 10.1 Å². The Morgan fingerprint density at radius 1 is 1.16 bits per heavy atom. The van der Waals surface area contributed by atoms with Crippen LogP contribution in [0.15, 0.2) is 59.3 Å². The lowest BCUT2D eigenvalue weighted by Gasteiger charge is -2.24. The van der Waals surface area contributed by atoms with Gasteiger partial charge in [-0.05, 0) is 54.8 Å². The van der Waals surface area contributed by atoms with E-state index in [-0.39, 0.29) is 6.04 Å². The maximum atomic E-state index is 12.8. The zero-order chi connectivity index (χ0) is 22.0. The smallest absolute Gasteiger partial charge is 0.359 e. The molecule has 31 heavy (non-hydrogen) atoms. The molecule has 162 valence electrons. The summed E-state index contributed by atoms with van der Waals surface area (Å²) in [6.45, 7) is 0.512. The van der Waals surface area contributed by atoms with E-state index in [0.29, 0.717) is 35.9 Å². The number of likely N-dealkylation sites (tertiary alicyclic amines) is 1. The maximum absolute atomic E-state index is 12.8. The quantitative estimate of drug-likeness (QED) is 0.508. The fourth-order valence-corrected chi connectivity index (χ4v) is 3.84. The van der Waals surface area contributed by atoms with Crippen molar-refractivity contribution < 1.29 is 22.5 Å². The van der Waals surface area contributed by atoms with Crippen LogP contribution in [0.4, 0.5) is 23.7 Å². The number of hydrogen-bond acceptors (Lipinski definition) is 3. The first-order valence-electron chi connectivity index (χ1n) is 9.74. The summed E-state index contributed by atoms with van der Waals surface area (Å²) in [6.07, 6.45) is -0.695. The fraction of sp³-hybridized carbons (Fsp3) is 0.273. The fourth-order valence-electron chi connectivity index (χ4n) is 3.72. The molecule has 0 aliphatic carbocycles. The Labute approximate surface area is 181 Å². The van der Waals surface area contributed by atoms with Gasteiger partial charge in [0.05, 0.1) is 17.8 Å². The number of nitrogens with one attached hydrogen (secondary N) is 1. The molecule has 0 spiro atoms. The highest BCUT2D eigenvalue weighted by Gasteiger charge is 2.35. The van der Waals surface area contributed by atoms with E-state index in [4.69, 9.17) is 16.1 Å². The lowest BCUT2D eigenvalue weighted by atomic mass is 10.0. The topological polar surface area (TPSA) is 58.4 Å². The number of amides is 2. The predicted octanol–water partition coefficient (Wildman–Crippen LogP) is 6.31. The summed E-state index contributed by atoms with van der Waals surface area (Å²) in [5, 5.41) is 7.25. The molecule has 0 bridgehead atoms. The van der Waals surface area contributed by atoms with E-state index >= 15 is 0 Å². The summed E-state index contributed by atoms with van der Waals surface area (Å²) >= 11 is 5.94.